The molecular weight excluding hydrogens is 202 g/mol. The molecule has 0 bridgehead atoms. The van der Waals surface area contributed by atoms with Crippen LogP contribution in [0.5, 0.6) is 5.75 Å². The number of rotatable bonds is 4. The van der Waals surface area contributed by atoms with Gasteiger partial charge in [-0.3, -0.25) is 0 Å². The molecular formula is C13H15NO2. The highest BCUT2D eigenvalue weighted by Crippen LogP contribution is 2.20. The molecule has 0 amide bonds. The molecule has 0 radical (unpaired) electrons. The summed E-state index contributed by atoms with van der Waals surface area (Å²) in [6, 6.07) is 9.72. The average Bonchev–Trinajstić information content (AvgIpc) is 2.80. The molecule has 16 heavy (non-hydrogen) atoms. The van der Waals surface area contributed by atoms with Crippen molar-refractivity contribution in [1.29, 1.82) is 0 Å². The van der Waals surface area contributed by atoms with Crippen LogP contribution in [0.15, 0.2) is 41.0 Å². The molecule has 2 rings (SSSR count). The summed E-state index contributed by atoms with van der Waals surface area (Å²) in [7, 11) is 0. The first-order valence-electron chi connectivity index (χ1n) is 5.24. The Morgan fingerprint density at radius 3 is 2.88 bits per heavy atom. The van der Waals surface area contributed by atoms with Crippen LogP contribution in [0.1, 0.15) is 16.9 Å². The van der Waals surface area contributed by atoms with Crippen molar-refractivity contribution in [3.05, 3.63) is 53.5 Å². The maximum atomic E-state index is 5.67. The third kappa shape index (κ3) is 2.44. The van der Waals surface area contributed by atoms with Gasteiger partial charge in [0.1, 0.15) is 18.1 Å². The van der Waals surface area contributed by atoms with Crippen molar-refractivity contribution in [2.45, 2.75) is 20.1 Å². The summed E-state index contributed by atoms with van der Waals surface area (Å²) in [6.45, 7) is 2.95. The van der Waals surface area contributed by atoms with Crippen LogP contribution in [0.3, 0.4) is 0 Å². The maximum Gasteiger partial charge on any atom is 0.146 e. The summed E-state index contributed by atoms with van der Waals surface area (Å²) >= 11 is 0. The van der Waals surface area contributed by atoms with Gasteiger partial charge in [0.15, 0.2) is 0 Å². The number of furan rings is 1. The predicted octanol–water partition coefficient (Wildman–Crippen LogP) is 2.63. The maximum absolute atomic E-state index is 5.67. The van der Waals surface area contributed by atoms with Gasteiger partial charge in [0, 0.05) is 12.1 Å². The number of benzene rings is 1. The van der Waals surface area contributed by atoms with E-state index in [9.17, 15) is 0 Å². The SMILES string of the molecule is Cc1ccc(OCc2ccco2)c(CN)c1. The number of aryl methyl sites for hydroxylation is 1. The van der Waals surface area contributed by atoms with E-state index in [1.54, 1.807) is 6.26 Å². The molecule has 0 saturated carbocycles. The summed E-state index contributed by atoms with van der Waals surface area (Å²) in [4.78, 5) is 0. The van der Waals surface area contributed by atoms with Crippen LogP contribution in [0.4, 0.5) is 0 Å². The Morgan fingerprint density at radius 1 is 1.31 bits per heavy atom. The molecule has 0 unspecified atom stereocenters. The van der Waals surface area contributed by atoms with Crippen LogP contribution in [0, 0.1) is 6.92 Å². The van der Waals surface area contributed by atoms with Crippen molar-refractivity contribution < 1.29 is 9.15 Å². The Labute approximate surface area is 94.8 Å². The van der Waals surface area contributed by atoms with Crippen LogP contribution in [0.25, 0.3) is 0 Å². The van der Waals surface area contributed by atoms with Gasteiger partial charge in [-0.05, 0) is 25.1 Å². The minimum absolute atomic E-state index is 0.434. The molecule has 0 fully saturated rings. The van der Waals surface area contributed by atoms with Gasteiger partial charge >= 0.3 is 0 Å². The molecule has 3 nitrogen and oxygen atoms in total. The van der Waals surface area contributed by atoms with Gasteiger partial charge in [-0.1, -0.05) is 17.7 Å². The van der Waals surface area contributed by atoms with Crippen LogP contribution >= 0.6 is 0 Å². The molecule has 1 heterocycles. The lowest BCUT2D eigenvalue weighted by Gasteiger charge is -2.09. The molecule has 84 valence electrons. The van der Waals surface area contributed by atoms with Gasteiger partial charge in [0.05, 0.1) is 6.26 Å². The molecule has 0 spiro atoms. The van der Waals surface area contributed by atoms with Gasteiger partial charge in [-0.15, -0.1) is 0 Å². The predicted molar refractivity (Wildman–Crippen MR) is 62.1 cm³/mol. The fourth-order valence-electron chi connectivity index (χ4n) is 1.55. The van der Waals surface area contributed by atoms with Gasteiger partial charge in [-0.2, -0.15) is 0 Å². The molecule has 2 aromatic rings. The average molecular weight is 217 g/mol. The first-order chi connectivity index (χ1) is 7.79. The fraction of sp³-hybridized carbons (Fsp3) is 0.231. The second-order valence-corrected chi connectivity index (χ2v) is 3.68. The highest BCUT2D eigenvalue weighted by molar-refractivity contribution is 5.36. The molecule has 1 aromatic heterocycles. The van der Waals surface area contributed by atoms with E-state index in [1.807, 2.05) is 37.3 Å². The van der Waals surface area contributed by atoms with Crippen LogP contribution in [-0.4, -0.2) is 0 Å². The van der Waals surface area contributed by atoms with Gasteiger partial charge in [-0.25, -0.2) is 0 Å². The van der Waals surface area contributed by atoms with Crippen molar-refractivity contribution in [1.82, 2.24) is 0 Å². The highest BCUT2D eigenvalue weighted by atomic mass is 16.5. The Kier molecular flexibility index (Phi) is 3.27. The third-order valence-electron chi connectivity index (χ3n) is 2.39. The fourth-order valence-corrected chi connectivity index (χ4v) is 1.55. The smallest absolute Gasteiger partial charge is 0.146 e. The highest BCUT2D eigenvalue weighted by Gasteiger charge is 2.03. The summed E-state index contributed by atoms with van der Waals surface area (Å²) in [5.74, 6) is 1.63. The summed E-state index contributed by atoms with van der Waals surface area (Å²) in [5, 5.41) is 0. The van der Waals surface area contributed by atoms with E-state index in [2.05, 4.69) is 0 Å². The van der Waals surface area contributed by atoms with Crippen LogP contribution in [-0.2, 0) is 13.2 Å². The lowest BCUT2D eigenvalue weighted by Crippen LogP contribution is -2.02. The molecule has 2 N–H and O–H groups in total. The minimum atomic E-state index is 0.434. The van der Waals surface area contributed by atoms with Crippen molar-refractivity contribution in [2.75, 3.05) is 0 Å². The quantitative estimate of drug-likeness (QED) is 0.856. The van der Waals surface area contributed by atoms with Crippen molar-refractivity contribution in [2.24, 2.45) is 5.73 Å². The van der Waals surface area contributed by atoms with Gasteiger partial charge in [0.2, 0.25) is 0 Å². The van der Waals surface area contributed by atoms with Crippen molar-refractivity contribution >= 4 is 0 Å². The first-order valence-corrected chi connectivity index (χ1v) is 5.24. The molecule has 3 heteroatoms. The summed E-state index contributed by atoms with van der Waals surface area (Å²) in [6.07, 6.45) is 1.64. The van der Waals surface area contributed by atoms with E-state index in [4.69, 9.17) is 14.9 Å². The van der Waals surface area contributed by atoms with E-state index in [0.717, 1.165) is 17.1 Å². The zero-order valence-corrected chi connectivity index (χ0v) is 9.27. The monoisotopic (exact) mass is 217 g/mol. The molecule has 0 atom stereocenters. The third-order valence-corrected chi connectivity index (χ3v) is 2.39. The molecule has 1 aromatic carbocycles. The second kappa shape index (κ2) is 4.86. The van der Waals surface area contributed by atoms with E-state index in [0.29, 0.717) is 13.2 Å². The summed E-state index contributed by atoms with van der Waals surface area (Å²) in [5.41, 5.74) is 7.87. The molecule has 0 aliphatic carbocycles. The second-order valence-electron chi connectivity index (χ2n) is 3.68. The Bertz CT molecular complexity index is 449. The van der Waals surface area contributed by atoms with Gasteiger partial charge in [0.25, 0.3) is 0 Å². The topological polar surface area (TPSA) is 48.4 Å². The van der Waals surface area contributed by atoms with Crippen molar-refractivity contribution in [3.8, 4) is 5.75 Å². The molecule has 0 aliphatic rings. The number of hydrogen-bond donors (Lipinski definition) is 1. The molecule has 0 aliphatic heterocycles. The molecule has 0 saturated heterocycles. The zero-order chi connectivity index (χ0) is 11.4. The van der Waals surface area contributed by atoms with E-state index in [-0.39, 0.29) is 0 Å². The van der Waals surface area contributed by atoms with E-state index < -0.39 is 0 Å². The van der Waals surface area contributed by atoms with Crippen LogP contribution in [0.2, 0.25) is 0 Å². The van der Waals surface area contributed by atoms with Crippen molar-refractivity contribution in [3.63, 3.8) is 0 Å². The van der Waals surface area contributed by atoms with Gasteiger partial charge < -0.3 is 14.9 Å². The lowest BCUT2D eigenvalue weighted by atomic mass is 10.1. The first kappa shape index (κ1) is 10.8. The largest absolute Gasteiger partial charge is 0.485 e. The zero-order valence-electron chi connectivity index (χ0n) is 9.27. The summed E-state index contributed by atoms with van der Waals surface area (Å²) < 4.78 is 10.8. The number of nitrogens with two attached hydrogens (primary N) is 1. The Balaban J connectivity index is 2.09. The lowest BCUT2D eigenvalue weighted by molar-refractivity contribution is 0.268. The Morgan fingerprint density at radius 2 is 2.19 bits per heavy atom. The van der Waals surface area contributed by atoms with E-state index in [1.165, 1.54) is 5.56 Å². The number of ether oxygens (including phenoxy) is 1. The normalized spacial score (nSPS) is 10.4. The van der Waals surface area contributed by atoms with E-state index >= 15 is 0 Å². The standard InChI is InChI=1S/C13H15NO2/c1-10-4-5-13(11(7-10)8-14)16-9-12-3-2-6-15-12/h2-7H,8-9,14H2,1H3. The Hall–Kier alpha value is -1.74. The number of hydrogen-bond acceptors (Lipinski definition) is 3. The van der Waals surface area contributed by atoms with Crippen LogP contribution < -0.4 is 10.5 Å². The minimum Gasteiger partial charge on any atom is -0.485 e.